The topological polar surface area (TPSA) is 65.7 Å². The van der Waals surface area contributed by atoms with E-state index in [9.17, 15) is 4.79 Å². The lowest BCUT2D eigenvalue weighted by Crippen LogP contribution is -2.18. The van der Waals surface area contributed by atoms with Gasteiger partial charge in [0.05, 0.1) is 24.5 Å². The molecular formula is C27H25N3O3. The van der Waals surface area contributed by atoms with Crippen molar-refractivity contribution in [1.82, 2.24) is 14.4 Å². The minimum Gasteiger partial charge on any atom is -0.493 e. The molecule has 5 rings (SSSR count). The molecule has 6 heteroatoms. The van der Waals surface area contributed by atoms with Gasteiger partial charge in [-0.3, -0.25) is 14.2 Å². The highest BCUT2D eigenvalue weighted by Crippen LogP contribution is 2.36. The normalized spacial score (nSPS) is 14.2. The minimum atomic E-state index is -0.125. The van der Waals surface area contributed by atoms with Crippen LogP contribution < -0.4 is 15.0 Å². The number of para-hydroxylation sites is 1. The number of ether oxygens (including phenoxy) is 2. The van der Waals surface area contributed by atoms with Crippen molar-refractivity contribution < 1.29 is 9.47 Å². The fourth-order valence-electron chi connectivity index (χ4n) is 4.31. The molecule has 0 saturated heterocycles. The molecule has 3 heterocycles. The van der Waals surface area contributed by atoms with Gasteiger partial charge in [0.2, 0.25) is 0 Å². The number of hydrogen-bond acceptors (Lipinski definition) is 5. The smallest absolute Gasteiger partial charge is 0.266 e. The summed E-state index contributed by atoms with van der Waals surface area (Å²) in [6, 6.07) is 15.0. The molecule has 6 nitrogen and oxygen atoms in total. The third-order valence-corrected chi connectivity index (χ3v) is 5.97. The predicted octanol–water partition coefficient (Wildman–Crippen LogP) is 5.26. The van der Waals surface area contributed by atoms with Crippen molar-refractivity contribution in [2.24, 2.45) is 0 Å². The van der Waals surface area contributed by atoms with E-state index in [0.29, 0.717) is 22.7 Å². The predicted molar refractivity (Wildman–Crippen MR) is 129 cm³/mol. The molecule has 3 aromatic heterocycles. The molecule has 0 radical (unpaired) electrons. The number of aromatic nitrogens is 3. The first-order valence-electron chi connectivity index (χ1n) is 11.2. The standard InChI is InChI=1S/C27H25N3O3/c1-32-23-10-6-7-20(26(23)33-21-8-2-3-9-21)12-13-22-25(19-14-16-28-17-15-19)27(31)30-18-5-4-11-24(30)29-22/h4-7,10-18,21H,2-3,8-9H2,1H3/b13-12+. The molecule has 33 heavy (non-hydrogen) atoms. The van der Waals surface area contributed by atoms with Crippen molar-refractivity contribution >= 4 is 17.8 Å². The Labute approximate surface area is 192 Å². The number of pyridine rings is 2. The van der Waals surface area contributed by atoms with E-state index in [1.54, 1.807) is 30.1 Å². The lowest BCUT2D eigenvalue weighted by Gasteiger charge is -2.18. The summed E-state index contributed by atoms with van der Waals surface area (Å²) in [6.07, 6.45) is 13.6. The van der Waals surface area contributed by atoms with Gasteiger partial charge >= 0.3 is 0 Å². The Bertz CT molecular complexity index is 1360. The van der Waals surface area contributed by atoms with Crippen molar-refractivity contribution in [2.75, 3.05) is 7.11 Å². The Balaban J connectivity index is 1.63. The van der Waals surface area contributed by atoms with E-state index < -0.39 is 0 Å². The van der Waals surface area contributed by atoms with Crippen LogP contribution in [0.15, 0.2) is 71.9 Å². The number of nitrogens with zero attached hydrogens (tertiary/aromatic N) is 3. The van der Waals surface area contributed by atoms with Gasteiger partial charge in [0.25, 0.3) is 5.56 Å². The lowest BCUT2D eigenvalue weighted by molar-refractivity contribution is 0.200. The second-order valence-electron chi connectivity index (χ2n) is 8.08. The molecule has 1 fully saturated rings. The average molecular weight is 440 g/mol. The first kappa shape index (κ1) is 20.9. The highest BCUT2D eigenvalue weighted by molar-refractivity contribution is 5.81. The molecule has 166 valence electrons. The summed E-state index contributed by atoms with van der Waals surface area (Å²) < 4.78 is 13.5. The Hall–Kier alpha value is -3.93. The van der Waals surface area contributed by atoms with Crippen LogP contribution in [-0.4, -0.2) is 27.6 Å². The maximum absolute atomic E-state index is 13.4. The van der Waals surface area contributed by atoms with E-state index in [0.717, 1.165) is 29.7 Å². The van der Waals surface area contributed by atoms with E-state index >= 15 is 0 Å². The number of fused-ring (bicyclic) bond motifs is 1. The summed E-state index contributed by atoms with van der Waals surface area (Å²) in [6.45, 7) is 0. The van der Waals surface area contributed by atoms with Crippen molar-refractivity contribution in [3.63, 3.8) is 0 Å². The van der Waals surface area contributed by atoms with Crippen LogP contribution in [0.3, 0.4) is 0 Å². The molecule has 0 atom stereocenters. The second kappa shape index (κ2) is 9.28. The van der Waals surface area contributed by atoms with E-state index in [1.807, 2.05) is 60.7 Å². The molecule has 0 spiro atoms. The summed E-state index contributed by atoms with van der Waals surface area (Å²) in [5.74, 6) is 1.43. The van der Waals surface area contributed by atoms with Gasteiger partial charge < -0.3 is 9.47 Å². The lowest BCUT2D eigenvalue weighted by atomic mass is 10.0. The van der Waals surface area contributed by atoms with Gasteiger partial charge in [-0.05, 0) is 73.7 Å². The highest BCUT2D eigenvalue weighted by Gasteiger charge is 2.20. The van der Waals surface area contributed by atoms with Crippen LogP contribution in [0.5, 0.6) is 11.5 Å². The first-order valence-corrected chi connectivity index (χ1v) is 11.2. The van der Waals surface area contributed by atoms with Crippen LogP contribution in [0.2, 0.25) is 0 Å². The third kappa shape index (κ3) is 4.24. The Morgan fingerprint density at radius 2 is 1.82 bits per heavy atom. The van der Waals surface area contributed by atoms with Gasteiger partial charge in [-0.2, -0.15) is 0 Å². The van der Waals surface area contributed by atoms with Crippen LogP contribution in [-0.2, 0) is 0 Å². The minimum absolute atomic E-state index is 0.125. The maximum atomic E-state index is 13.4. The summed E-state index contributed by atoms with van der Waals surface area (Å²) in [5.41, 5.74) is 3.24. The largest absolute Gasteiger partial charge is 0.493 e. The summed E-state index contributed by atoms with van der Waals surface area (Å²) >= 11 is 0. The van der Waals surface area contributed by atoms with Gasteiger partial charge in [0, 0.05) is 24.2 Å². The number of hydrogen-bond donors (Lipinski definition) is 0. The average Bonchev–Trinajstić information content (AvgIpc) is 3.37. The molecule has 4 aromatic rings. The zero-order valence-corrected chi connectivity index (χ0v) is 18.5. The Morgan fingerprint density at radius 3 is 2.61 bits per heavy atom. The molecule has 1 aliphatic rings. The highest BCUT2D eigenvalue weighted by atomic mass is 16.5. The summed E-state index contributed by atoms with van der Waals surface area (Å²) in [5, 5.41) is 0. The van der Waals surface area contributed by atoms with Gasteiger partial charge in [0.15, 0.2) is 11.5 Å². The van der Waals surface area contributed by atoms with E-state index in [1.165, 1.54) is 12.8 Å². The van der Waals surface area contributed by atoms with Crippen molar-refractivity contribution in [3.05, 3.63) is 88.7 Å². The van der Waals surface area contributed by atoms with E-state index in [2.05, 4.69) is 4.98 Å². The second-order valence-corrected chi connectivity index (χ2v) is 8.08. The van der Waals surface area contributed by atoms with Gasteiger partial charge in [-0.1, -0.05) is 18.2 Å². The number of benzene rings is 1. The molecule has 0 amide bonds. The molecule has 0 aliphatic heterocycles. The Morgan fingerprint density at radius 1 is 1.00 bits per heavy atom. The number of methoxy groups -OCH3 is 1. The van der Waals surface area contributed by atoms with Crippen molar-refractivity contribution in [3.8, 4) is 22.6 Å². The maximum Gasteiger partial charge on any atom is 0.266 e. The van der Waals surface area contributed by atoms with Crippen LogP contribution in [0.4, 0.5) is 0 Å². The fourth-order valence-corrected chi connectivity index (χ4v) is 4.31. The zero-order valence-electron chi connectivity index (χ0n) is 18.5. The van der Waals surface area contributed by atoms with Crippen LogP contribution >= 0.6 is 0 Å². The SMILES string of the molecule is COc1cccc(/C=C/c2nc3ccccn3c(=O)c2-c2ccncc2)c1OC1CCCC1. The van der Waals surface area contributed by atoms with Crippen LogP contribution in [0, 0.1) is 0 Å². The molecule has 1 aliphatic carbocycles. The third-order valence-electron chi connectivity index (χ3n) is 5.97. The zero-order chi connectivity index (χ0) is 22.6. The van der Waals surface area contributed by atoms with E-state index in [4.69, 9.17) is 14.5 Å². The van der Waals surface area contributed by atoms with Gasteiger partial charge in [0.1, 0.15) is 5.65 Å². The molecule has 0 bridgehead atoms. The Kier molecular flexibility index (Phi) is 5.89. The molecule has 0 N–H and O–H groups in total. The van der Waals surface area contributed by atoms with Crippen molar-refractivity contribution in [1.29, 1.82) is 0 Å². The summed E-state index contributed by atoms with van der Waals surface area (Å²) in [4.78, 5) is 22.3. The number of rotatable bonds is 6. The molecule has 1 aromatic carbocycles. The quantitative estimate of drug-likeness (QED) is 0.410. The van der Waals surface area contributed by atoms with Crippen LogP contribution in [0.1, 0.15) is 36.9 Å². The fraction of sp³-hybridized carbons (Fsp3) is 0.222. The van der Waals surface area contributed by atoms with Gasteiger partial charge in [-0.25, -0.2) is 4.98 Å². The first-order chi connectivity index (χ1) is 16.2. The van der Waals surface area contributed by atoms with Crippen LogP contribution in [0.25, 0.3) is 28.9 Å². The van der Waals surface area contributed by atoms with Gasteiger partial charge in [-0.15, -0.1) is 0 Å². The summed E-state index contributed by atoms with van der Waals surface area (Å²) in [7, 11) is 1.65. The van der Waals surface area contributed by atoms with Crippen molar-refractivity contribution in [2.45, 2.75) is 31.8 Å². The molecule has 1 saturated carbocycles. The van der Waals surface area contributed by atoms with E-state index in [-0.39, 0.29) is 11.7 Å². The molecule has 0 unspecified atom stereocenters. The monoisotopic (exact) mass is 439 g/mol. The molecular weight excluding hydrogens is 414 g/mol.